The third-order valence-corrected chi connectivity index (χ3v) is 4.34. The number of anilines is 1. The molecule has 2 aromatic rings. The molecular formula is C17H17Cl2FN2O. The molecule has 1 aliphatic heterocycles. The molecule has 3 nitrogen and oxygen atoms in total. The molecule has 1 heterocycles. The Bertz CT molecular complexity index is 690. The van der Waals surface area contributed by atoms with Crippen molar-refractivity contribution < 1.29 is 9.13 Å². The lowest BCUT2D eigenvalue weighted by atomic mass is 10.2. The van der Waals surface area contributed by atoms with Gasteiger partial charge in [0.25, 0.3) is 0 Å². The molecule has 2 aromatic carbocycles. The number of benzene rings is 2. The van der Waals surface area contributed by atoms with Crippen LogP contribution in [0.4, 0.5) is 10.1 Å². The molecule has 0 radical (unpaired) electrons. The lowest BCUT2D eigenvalue weighted by Gasteiger charge is -2.29. The topological polar surface area (TPSA) is 24.5 Å². The first-order valence-corrected chi connectivity index (χ1v) is 8.21. The van der Waals surface area contributed by atoms with E-state index in [-0.39, 0.29) is 12.4 Å². The van der Waals surface area contributed by atoms with Gasteiger partial charge in [-0.1, -0.05) is 29.3 Å². The molecule has 1 fully saturated rings. The Balaban J connectivity index is 1.73. The van der Waals surface area contributed by atoms with Crippen LogP contribution >= 0.6 is 23.2 Å². The van der Waals surface area contributed by atoms with Gasteiger partial charge in [-0.05, 0) is 24.3 Å². The van der Waals surface area contributed by atoms with Gasteiger partial charge in [-0.25, -0.2) is 4.39 Å². The van der Waals surface area contributed by atoms with Crippen LogP contribution in [0, 0.1) is 5.82 Å². The zero-order chi connectivity index (χ0) is 16.2. The van der Waals surface area contributed by atoms with Gasteiger partial charge >= 0.3 is 0 Å². The predicted octanol–water partition coefficient (Wildman–Crippen LogP) is 4.12. The van der Waals surface area contributed by atoms with Crippen LogP contribution in [0.5, 0.6) is 5.75 Å². The number of piperazine rings is 1. The van der Waals surface area contributed by atoms with Gasteiger partial charge in [0.2, 0.25) is 0 Å². The van der Waals surface area contributed by atoms with E-state index in [1.807, 2.05) is 18.2 Å². The third-order valence-electron chi connectivity index (χ3n) is 3.80. The highest BCUT2D eigenvalue weighted by molar-refractivity contribution is 6.32. The highest BCUT2D eigenvalue weighted by Crippen LogP contribution is 2.31. The van der Waals surface area contributed by atoms with Gasteiger partial charge in [0.05, 0.1) is 5.02 Å². The number of nitrogens with zero attached hydrogens (tertiary/aromatic N) is 1. The zero-order valence-electron chi connectivity index (χ0n) is 12.5. The Hall–Kier alpha value is -1.49. The summed E-state index contributed by atoms with van der Waals surface area (Å²) >= 11 is 11.9. The van der Waals surface area contributed by atoms with Gasteiger partial charge in [-0.3, -0.25) is 0 Å². The molecule has 1 N–H and O–H groups in total. The van der Waals surface area contributed by atoms with Crippen molar-refractivity contribution in [2.75, 3.05) is 31.1 Å². The summed E-state index contributed by atoms with van der Waals surface area (Å²) in [6, 6.07) is 10.2. The SMILES string of the molecule is Fc1cc(Cl)ccc1COc1cc(N2CCNCC2)ccc1Cl. The largest absolute Gasteiger partial charge is 0.487 e. The number of nitrogens with one attached hydrogen (secondary N) is 1. The van der Waals surface area contributed by atoms with Crippen molar-refractivity contribution in [1.29, 1.82) is 0 Å². The summed E-state index contributed by atoms with van der Waals surface area (Å²) in [5.41, 5.74) is 1.50. The average molecular weight is 355 g/mol. The van der Waals surface area contributed by atoms with Crippen LogP contribution in [-0.2, 0) is 6.61 Å². The maximum Gasteiger partial charge on any atom is 0.140 e. The van der Waals surface area contributed by atoms with Crippen molar-refractivity contribution in [3.8, 4) is 5.75 Å². The van der Waals surface area contributed by atoms with E-state index < -0.39 is 0 Å². The van der Waals surface area contributed by atoms with Crippen LogP contribution in [0.1, 0.15) is 5.56 Å². The lowest BCUT2D eigenvalue weighted by molar-refractivity contribution is 0.300. The van der Waals surface area contributed by atoms with Gasteiger partial charge in [0.1, 0.15) is 18.2 Å². The van der Waals surface area contributed by atoms with Crippen molar-refractivity contribution in [1.82, 2.24) is 5.32 Å². The predicted molar refractivity (Wildman–Crippen MR) is 92.3 cm³/mol. The molecule has 0 saturated carbocycles. The fourth-order valence-electron chi connectivity index (χ4n) is 2.52. The van der Waals surface area contributed by atoms with Crippen LogP contribution in [-0.4, -0.2) is 26.2 Å². The van der Waals surface area contributed by atoms with Gasteiger partial charge in [0.15, 0.2) is 0 Å². The first-order chi connectivity index (χ1) is 11.1. The summed E-state index contributed by atoms with van der Waals surface area (Å²) in [6.45, 7) is 3.89. The zero-order valence-corrected chi connectivity index (χ0v) is 14.0. The van der Waals surface area contributed by atoms with Gasteiger partial charge in [0, 0.05) is 48.5 Å². The van der Waals surface area contributed by atoms with Crippen LogP contribution in [0.3, 0.4) is 0 Å². The first-order valence-electron chi connectivity index (χ1n) is 7.45. The normalized spacial score (nSPS) is 14.8. The molecule has 23 heavy (non-hydrogen) atoms. The van der Waals surface area contributed by atoms with E-state index in [2.05, 4.69) is 10.2 Å². The molecule has 1 saturated heterocycles. The Labute approximate surface area is 145 Å². The van der Waals surface area contributed by atoms with E-state index in [9.17, 15) is 4.39 Å². The quantitative estimate of drug-likeness (QED) is 0.893. The van der Waals surface area contributed by atoms with Crippen molar-refractivity contribution >= 4 is 28.9 Å². The monoisotopic (exact) mass is 354 g/mol. The van der Waals surface area contributed by atoms with Crippen LogP contribution in [0.2, 0.25) is 10.0 Å². The molecule has 0 bridgehead atoms. The minimum Gasteiger partial charge on any atom is -0.487 e. The van der Waals surface area contributed by atoms with Crippen molar-refractivity contribution in [2.45, 2.75) is 6.61 Å². The summed E-state index contributed by atoms with van der Waals surface area (Å²) in [4.78, 5) is 2.27. The van der Waals surface area contributed by atoms with E-state index >= 15 is 0 Å². The standard InChI is InChI=1S/C17H17Cl2FN2O/c18-13-2-1-12(16(20)9-13)11-23-17-10-14(3-4-15(17)19)22-7-5-21-6-8-22/h1-4,9-10,21H,5-8,11H2. The molecule has 0 amide bonds. The van der Waals surface area contributed by atoms with Crippen LogP contribution in [0.25, 0.3) is 0 Å². The second kappa shape index (κ2) is 7.39. The summed E-state index contributed by atoms with van der Waals surface area (Å²) < 4.78 is 19.5. The van der Waals surface area contributed by atoms with E-state index in [0.717, 1.165) is 31.9 Å². The highest BCUT2D eigenvalue weighted by Gasteiger charge is 2.13. The maximum atomic E-state index is 13.8. The minimum absolute atomic E-state index is 0.105. The first kappa shape index (κ1) is 16.4. The molecule has 6 heteroatoms. The number of hydrogen-bond acceptors (Lipinski definition) is 3. The molecule has 0 atom stereocenters. The molecule has 0 aromatic heterocycles. The van der Waals surface area contributed by atoms with E-state index in [1.54, 1.807) is 12.1 Å². The summed E-state index contributed by atoms with van der Waals surface area (Å²) in [5.74, 6) is 0.170. The Morgan fingerprint density at radius 1 is 1.09 bits per heavy atom. The molecular weight excluding hydrogens is 338 g/mol. The number of ether oxygens (including phenoxy) is 1. The Morgan fingerprint density at radius 2 is 1.87 bits per heavy atom. The molecule has 1 aliphatic rings. The van der Waals surface area contributed by atoms with E-state index in [0.29, 0.717) is 21.4 Å². The van der Waals surface area contributed by atoms with Crippen LogP contribution in [0.15, 0.2) is 36.4 Å². The average Bonchev–Trinajstić information content (AvgIpc) is 2.56. The second-order valence-electron chi connectivity index (χ2n) is 5.38. The van der Waals surface area contributed by atoms with E-state index in [4.69, 9.17) is 27.9 Å². The fourth-order valence-corrected chi connectivity index (χ4v) is 2.85. The van der Waals surface area contributed by atoms with E-state index in [1.165, 1.54) is 6.07 Å². The smallest absolute Gasteiger partial charge is 0.140 e. The van der Waals surface area contributed by atoms with Crippen LogP contribution < -0.4 is 15.0 Å². The van der Waals surface area contributed by atoms with Crippen molar-refractivity contribution in [3.63, 3.8) is 0 Å². The van der Waals surface area contributed by atoms with Gasteiger partial charge in [-0.2, -0.15) is 0 Å². The van der Waals surface area contributed by atoms with Crippen molar-refractivity contribution in [3.05, 3.63) is 57.8 Å². The molecule has 0 aliphatic carbocycles. The Morgan fingerprint density at radius 3 is 2.61 bits per heavy atom. The fraction of sp³-hybridized carbons (Fsp3) is 0.294. The number of rotatable bonds is 4. The minimum atomic E-state index is -0.383. The summed E-state index contributed by atoms with van der Waals surface area (Å²) in [6.07, 6.45) is 0. The van der Waals surface area contributed by atoms with Gasteiger partial charge < -0.3 is 15.0 Å². The number of halogens is 3. The second-order valence-corrected chi connectivity index (χ2v) is 6.22. The lowest BCUT2D eigenvalue weighted by Crippen LogP contribution is -2.43. The highest BCUT2D eigenvalue weighted by atomic mass is 35.5. The molecule has 0 spiro atoms. The summed E-state index contributed by atoms with van der Waals surface area (Å²) in [7, 11) is 0. The third kappa shape index (κ3) is 4.08. The number of hydrogen-bond donors (Lipinski definition) is 1. The van der Waals surface area contributed by atoms with Crippen molar-refractivity contribution in [2.24, 2.45) is 0 Å². The summed E-state index contributed by atoms with van der Waals surface area (Å²) in [5, 5.41) is 4.19. The molecule has 0 unspecified atom stereocenters. The maximum absolute atomic E-state index is 13.8. The van der Waals surface area contributed by atoms with Gasteiger partial charge in [-0.15, -0.1) is 0 Å². The Kier molecular flexibility index (Phi) is 5.26. The molecule has 122 valence electrons. The molecule has 3 rings (SSSR count).